The van der Waals surface area contributed by atoms with E-state index in [9.17, 15) is 31.2 Å². The van der Waals surface area contributed by atoms with E-state index in [4.69, 9.17) is 0 Å². The van der Waals surface area contributed by atoms with Gasteiger partial charge < -0.3 is 4.90 Å². The molecule has 228 valence electrons. The Labute approximate surface area is 257 Å². The summed E-state index contributed by atoms with van der Waals surface area (Å²) in [5.41, 5.74) is 8.96. The van der Waals surface area contributed by atoms with Crippen LogP contribution in [-0.2, 0) is 51.5 Å². The molecule has 44 heavy (non-hydrogen) atoms. The first-order chi connectivity index (χ1) is 20.8. The van der Waals surface area contributed by atoms with Gasteiger partial charge in [0.05, 0.1) is 10.5 Å². The van der Waals surface area contributed by atoms with Gasteiger partial charge in [-0.25, -0.2) is 4.58 Å². The summed E-state index contributed by atoms with van der Waals surface area (Å²) in [5.74, 6) is 0. The molecule has 3 aliphatic heterocycles. The molecule has 0 saturated heterocycles. The minimum absolute atomic E-state index is 0.103. The lowest BCUT2D eigenvalue weighted by atomic mass is 9.66. The van der Waals surface area contributed by atoms with Gasteiger partial charge in [-0.1, -0.05) is 13.8 Å². The van der Waals surface area contributed by atoms with Crippen LogP contribution in [0, 0.1) is 11.3 Å². The second-order valence-corrected chi connectivity index (χ2v) is 15.7. The average Bonchev–Trinajstić information content (AvgIpc) is 2.96. The van der Waals surface area contributed by atoms with Crippen LogP contribution in [0.25, 0.3) is 5.57 Å². The average molecular weight is 633 g/mol. The first-order valence-corrected chi connectivity index (χ1v) is 17.9. The van der Waals surface area contributed by atoms with Crippen LogP contribution in [0.5, 0.6) is 0 Å². The molecular formula is C33H34N3O6S2+. The fourth-order valence-corrected chi connectivity index (χ4v) is 9.36. The SMILES string of the molecule is CC1(C)c2c(cc3c4c2CCCN4CCC3)C(C#N)=c2cc3c(cc21)=[N+](Cc1ccc(S(=O)(=O)O)cc1S(=O)(=O)O)CCC3. The number of nitrogens with zero attached hydrogens (tertiary/aromatic N) is 3. The smallest absolute Gasteiger partial charge is 0.295 e. The molecule has 1 aliphatic carbocycles. The quantitative estimate of drug-likeness (QED) is 0.331. The van der Waals surface area contributed by atoms with E-state index >= 15 is 0 Å². The minimum atomic E-state index is -4.78. The van der Waals surface area contributed by atoms with Crippen LogP contribution in [-0.4, -0.2) is 45.6 Å². The summed E-state index contributed by atoms with van der Waals surface area (Å²) in [4.78, 5) is 1.36. The third kappa shape index (κ3) is 4.50. The standard InChI is InChI=1S/C33H33N3O6S2/c1-33(2)28-17-29-20(6-3-13-36(29)19-22-9-10-23(43(37,38)39)16-30(22)44(40,41)42)14-25(28)27(18-34)26-15-21-7-4-11-35-12-5-8-24(31(26)33)32(21)35/h9-10,14-17H,3-8,11-13,19H2,1-2H3,(H-,37,38,39,40,41,42)/p+1. The van der Waals surface area contributed by atoms with Gasteiger partial charge in [0.25, 0.3) is 20.2 Å². The highest BCUT2D eigenvalue weighted by atomic mass is 32.2. The fourth-order valence-electron chi connectivity index (χ4n) is 8.04. The summed E-state index contributed by atoms with van der Waals surface area (Å²) < 4.78 is 69.5. The van der Waals surface area contributed by atoms with E-state index in [2.05, 4.69) is 43.0 Å². The molecule has 0 unspecified atom stereocenters. The number of benzene rings is 3. The summed E-state index contributed by atoms with van der Waals surface area (Å²) in [5, 5.41) is 12.4. The second-order valence-electron chi connectivity index (χ2n) is 12.9. The normalized spacial score (nSPS) is 18.6. The Morgan fingerprint density at radius 2 is 1.66 bits per heavy atom. The number of fused-ring (bicyclic) bond motifs is 4. The highest BCUT2D eigenvalue weighted by Crippen LogP contribution is 2.47. The maximum atomic E-state index is 12.3. The van der Waals surface area contributed by atoms with Gasteiger partial charge in [-0.2, -0.15) is 22.1 Å². The van der Waals surface area contributed by atoms with Crippen LogP contribution in [0.15, 0.2) is 46.2 Å². The molecule has 3 aromatic rings. The van der Waals surface area contributed by atoms with Gasteiger partial charge in [0, 0.05) is 47.8 Å². The van der Waals surface area contributed by atoms with Crippen molar-refractivity contribution in [2.24, 2.45) is 0 Å². The number of anilines is 1. The van der Waals surface area contributed by atoms with E-state index < -0.39 is 35.4 Å². The van der Waals surface area contributed by atoms with Gasteiger partial charge in [-0.15, -0.1) is 0 Å². The first kappa shape index (κ1) is 29.2. The molecule has 0 saturated carbocycles. The molecule has 3 aromatic carbocycles. The molecule has 0 bridgehead atoms. The maximum absolute atomic E-state index is 12.3. The Bertz CT molecular complexity index is 2180. The molecule has 0 spiro atoms. The van der Waals surface area contributed by atoms with Crippen molar-refractivity contribution in [2.75, 3.05) is 24.5 Å². The predicted molar refractivity (Wildman–Crippen MR) is 165 cm³/mol. The molecule has 9 nitrogen and oxygen atoms in total. The number of hydrogen-bond donors (Lipinski definition) is 2. The molecule has 4 aliphatic rings. The summed E-state index contributed by atoms with van der Waals surface area (Å²) >= 11 is 0. The van der Waals surface area contributed by atoms with E-state index in [0.29, 0.717) is 12.1 Å². The number of hydrogen-bond acceptors (Lipinski definition) is 6. The van der Waals surface area contributed by atoms with Crippen molar-refractivity contribution in [2.45, 2.75) is 74.1 Å². The Morgan fingerprint density at radius 3 is 2.36 bits per heavy atom. The third-order valence-corrected chi connectivity index (χ3v) is 11.7. The van der Waals surface area contributed by atoms with Gasteiger partial charge in [0.2, 0.25) is 5.36 Å². The van der Waals surface area contributed by atoms with E-state index in [-0.39, 0.29) is 12.1 Å². The van der Waals surface area contributed by atoms with Crippen molar-refractivity contribution in [3.63, 3.8) is 0 Å². The topological polar surface area (TPSA) is 139 Å². The summed E-state index contributed by atoms with van der Waals surface area (Å²) in [6.45, 7) is 7.30. The van der Waals surface area contributed by atoms with Crippen LogP contribution in [0.1, 0.15) is 72.1 Å². The lowest BCUT2D eigenvalue weighted by molar-refractivity contribution is 0.475. The predicted octanol–water partition coefficient (Wildman–Crippen LogP) is 2.88. The zero-order valence-corrected chi connectivity index (χ0v) is 26.4. The zero-order valence-electron chi connectivity index (χ0n) is 24.7. The maximum Gasteiger partial charge on any atom is 0.295 e. The van der Waals surface area contributed by atoms with Gasteiger partial charge in [-0.05, 0) is 95.5 Å². The largest absolute Gasteiger partial charge is 0.371 e. The third-order valence-electron chi connectivity index (χ3n) is 9.88. The number of rotatable bonds is 4. The van der Waals surface area contributed by atoms with Gasteiger partial charge in [0.15, 0.2) is 6.54 Å². The van der Waals surface area contributed by atoms with Crippen LogP contribution < -0.4 is 20.1 Å². The molecule has 7 rings (SSSR count). The summed E-state index contributed by atoms with van der Waals surface area (Å²) in [6, 6.07) is 12.4. The zero-order chi connectivity index (χ0) is 31.2. The van der Waals surface area contributed by atoms with E-state index in [1.165, 1.54) is 28.4 Å². The summed E-state index contributed by atoms with van der Waals surface area (Å²) in [7, 11) is -9.45. The van der Waals surface area contributed by atoms with Crippen LogP contribution in [0.4, 0.5) is 5.69 Å². The van der Waals surface area contributed by atoms with Crippen LogP contribution >= 0.6 is 0 Å². The molecule has 2 N–H and O–H groups in total. The lowest BCUT2D eigenvalue weighted by Gasteiger charge is -2.43. The molecule has 11 heteroatoms. The second kappa shape index (κ2) is 9.97. The molecule has 3 heterocycles. The Balaban J connectivity index is 1.47. The van der Waals surface area contributed by atoms with Crippen LogP contribution in [0.2, 0.25) is 0 Å². The van der Waals surface area contributed by atoms with Gasteiger partial charge in [0.1, 0.15) is 17.5 Å². The highest BCUT2D eigenvalue weighted by molar-refractivity contribution is 7.86. The first-order valence-electron chi connectivity index (χ1n) is 15.0. The highest BCUT2D eigenvalue weighted by Gasteiger charge is 2.40. The Hall–Kier alpha value is -3.56. The fraction of sp³-hybridized carbons (Fsp3) is 0.394. The van der Waals surface area contributed by atoms with Crippen molar-refractivity contribution in [1.82, 2.24) is 4.58 Å². The lowest BCUT2D eigenvalue weighted by Crippen LogP contribution is -2.44. The van der Waals surface area contributed by atoms with Crippen molar-refractivity contribution in [1.29, 1.82) is 5.26 Å². The van der Waals surface area contributed by atoms with E-state index in [1.54, 1.807) is 0 Å². The minimum Gasteiger partial charge on any atom is -0.371 e. The molecule has 0 radical (unpaired) electrons. The Kier molecular flexibility index (Phi) is 6.61. The Morgan fingerprint density at radius 1 is 0.932 bits per heavy atom. The van der Waals surface area contributed by atoms with Gasteiger partial charge in [-0.3, -0.25) is 9.11 Å². The molecule has 0 amide bonds. The van der Waals surface area contributed by atoms with Crippen molar-refractivity contribution in [3.05, 3.63) is 85.9 Å². The van der Waals surface area contributed by atoms with Gasteiger partial charge >= 0.3 is 0 Å². The molecule has 0 aromatic heterocycles. The molecular weight excluding hydrogens is 599 g/mol. The van der Waals surface area contributed by atoms with Crippen molar-refractivity contribution < 1.29 is 25.9 Å². The van der Waals surface area contributed by atoms with Crippen LogP contribution in [0.3, 0.4) is 0 Å². The number of nitriles is 1. The molecule has 0 fully saturated rings. The van der Waals surface area contributed by atoms with Crippen molar-refractivity contribution >= 4 is 31.5 Å². The van der Waals surface area contributed by atoms with E-state index in [1.807, 2.05) is 4.58 Å². The van der Waals surface area contributed by atoms with E-state index in [0.717, 1.165) is 91.0 Å². The van der Waals surface area contributed by atoms with Crippen molar-refractivity contribution in [3.8, 4) is 6.07 Å². The molecule has 0 atom stereocenters. The monoisotopic (exact) mass is 632 g/mol. The number of aryl methyl sites for hydroxylation is 2. The summed E-state index contributed by atoms with van der Waals surface area (Å²) in [6.07, 6.45) is 5.79.